The summed E-state index contributed by atoms with van der Waals surface area (Å²) in [5, 5.41) is 18.4. The second kappa shape index (κ2) is 5.18. The Kier molecular flexibility index (Phi) is 4.21. The lowest BCUT2D eigenvalue weighted by Crippen LogP contribution is -2.33. The molecule has 7 heteroatoms. The quantitative estimate of drug-likeness (QED) is 0.873. The van der Waals surface area contributed by atoms with E-state index in [2.05, 4.69) is 0 Å². The third-order valence-electron chi connectivity index (χ3n) is 2.91. The number of carboxylic acids is 1. The van der Waals surface area contributed by atoms with Crippen molar-refractivity contribution in [1.29, 1.82) is 0 Å². The second-order valence-electron chi connectivity index (χ2n) is 4.56. The Morgan fingerprint density at radius 2 is 1.84 bits per heavy atom. The van der Waals surface area contributed by atoms with Gasteiger partial charge in [0.25, 0.3) is 0 Å². The summed E-state index contributed by atoms with van der Waals surface area (Å²) >= 11 is 0. The first-order valence-electron chi connectivity index (χ1n) is 5.64. The summed E-state index contributed by atoms with van der Waals surface area (Å²) in [5.41, 5.74) is -0.128. The van der Waals surface area contributed by atoms with E-state index in [0.29, 0.717) is 5.56 Å². The molecule has 0 aliphatic heterocycles. The van der Waals surface area contributed by atoms with E-state index in [1.807, 2.05) is 0 Å². The fraction of sp³-hybridized carbons (Fsp3) is 0.417. The fourth-order valence-corrected chi connectivity index (χ4v) is 3.15. The molecule has 0 bridgehead atoms. The number of carboxylic acid groups (broad SMARTS) is 1. The number of hydrogen-bond donors (Lipinski definition) is 2. The van der Waals surface area contributed by atoms with Crippen LogP contribution in [0.2, 0.25) is 0 Å². The molecule has 0 atom stereocenters. The van der Waals surface area contributed by atoms with E-state index in [1.54, 1.807) is 13.8 Å². The zero-order valence-electron chi connectivity index (χ0n) is 11.2. The average Bonchev–Trinajstić information content (AvgIpc) is 2.26. The van der Waals surface area contributed by atoms with E-state index in [4.69, 9.17) is 5.11 Å². The largest absolute Gasteiger partial charge is 0.507 e. The van der Waals surface area contributed by atoms with Gasteiger partial charge in [-0.1, -0.05) is 0 Å². The third kappa shape index (κ3) is 2.87. The van der Waals surface area contributed by atoms with Gasteiger partial charge < -0.3 is 10.2 Å². The standard InChI is InChI=1S/C12H17NO5S/c1-7(2)13(4)19(17,18)11-6-9(12(15)16)10(14)5-8(11)3/h5-7,14H,1-4H3,(H,15,16). The maximum Gasteiger partial charge on any atom is 0.339 e. The van der Waals surface area contributed by atoms with Gasteiger partial charge in [0.1, 0.15) is 11.3 Å². The van der Waals surface area contributed by atoms with E-state index in [9.17, 15) is 18.3 Å². The van der Waals surface area contributed by atoms with Gasteiger partial charge in [0.2, 0.25) is 10.0 Å². The Balaban J connectivity index is 3.52. The molecular formula is C12H17NO5S. The van der Waals surface area contributed by atoms with Crippen molar-refractivity contribution in [2.24, 2.45) is 0 Å². The molecular weight excluding hydrogens is 270 g/mol. The van der Waals surface area contributed by atoms with Crippen molar-refractivity contribution in [3.8, 4) is 5.75 Å². The average molecular weight is 287 g/mol. The molecule has 0 aliphatic carbocycles. The van der Waals surface area contributed by atoms with E-state index in [0.717, 1.165) is 16.4 Å². The Hall–Kier alpha value is -1.60. The molecule has 106 valence electrons. The van der Waals surface area contributed by atoms with Gasteiger partial charge in [-0.2, -0.15) is 4.31 Å². The van der Waals surface area contributed by atoms with Crippen LogP contribution in [0.25, 0.3) is 0 Å². The molecule has 0 saturated carbocycles. The lowest BCUT2D eigenvalue weighted by atomic mass is 10.1. The van der Waals surface area contributed by atoms with Gasteiger partial charge in [-0.05, 0) is 38.5 Å². The fourth-order valence-electron chi connectivity index (χ4n) is 1.55. The molecule has 0 aromatic heterocycles. The predicted molar refractivity (Wildman–Crippen MR) is 69.9 cm³/mol. The van der Waals surface area contributed by atoms with Crippen LogP contribution in [0.15, 0.2) is 17.0 Å². The van der Waals surface area contributed by atoms with Gasteiger partial charge in [0.15, 0.2) is 0 Å². The summed E-state index contributed by atoms with van der Waals surface area (Å²) in [6.07, 6.45) is 0. The van der Waals surface area contributed by atoms with Crippen molar-refractivity contribution < 1.29 is 23.4 Å². The Morgan fingerprint density at radius 1 is 1.32 bits per heavy atom. The van der Waals surface area contributed by atoms with Crippen LogP contribution >= 0.6 is 0 Å². The number of aryl methyl sites for hydroxylation is 1. The summed E-state index contributed by atoms with van der Waals surface area (Å²) in [6, 6.07) is 1.87. The van der Waals surface area contributed by atoms with Crippen LogP contribution in [0.1, 0.15) is 29.8 Å². The van der Waals surface area contributed by atoms with Crippen molar-refractivity contribution in [2.45, 2.75) is 31.7 Å². The number of hydrogen-bond acceptors (Lipinski definition) is 4. The monoisotopic (exact) mass is 287 g/mol. The molecule has 0 spiro atoms. The van der Waals surface area contributed by atoms with Gasteiger partial charge in [-0.15, -0.1) is 0 Å². The topological polar surface area (TPSA) is 94.9 Å². The van der Waals surface area contributed by atoms with Gasteiger partial charge in [0, 0.05) is 13.1 Å². The highest BCUT2D eigenvalue weighted by Crippen LogP contribution is 2.27. The van der Waals surface area contributed by atoms with Gasteiger partial charge in [0.05, 0.1) is 4.90 Å². The normalized spacial score (nSPS) is 12.1. The molecule has 0 unspecified atom stereocenters. The van der Waals surface area contributed by atoms with Crippen molar-refractivity contribution in [3.05, 3.63) is 23.3 Å². The number of aromatic hydroxyl groups is 1. The summed E-state index contributed by atoms with van der Waals surface area (Å²) in [5.74, 6) is -1.82. The molecule has 1 aromatic rings. The van der Waals surface area contributed by atoms with Crippen LogP contribution < -0.4 is 0 Å². The van der Waals surface area contributed by atoms with Gasteiger partial charge in [-0.3, -0.25) is 0 Å². The molecule has 0 amide bonds. The second-order valence-corrected chi connectivity index (χ2v) is 6.52. The molecule has 1 rings (SSSR count). The molecule has 2 N–H and O–H groups in total. The molecule has 0 radical (unpaired) electrons. The molecule has 0 saturated heterocycles. The van der Waals surface area contributed by atoms with Crippen LogP contribution in [-0.2, 0) is 10.0 Å². The molecule has 0 aliphatic rings. The highest BCUT2D eigenvalue weighted by atomic mass is 32.2. The molecule has 0 fully saturated rings. The number of carbonyl (C=O) groups is 1. The number of phenols is 1. The number of benzene rings is 1. The Bertz CT molecular complexity index is 607. The molecule has 19 heavy (non-hydrogen) atoms. The van der Waals surface area contributed by atoms with Crippen LogP contribution in [0.4, 0.5) is 0 Å². The summed E-state index contributed by atoms with van der Waals surface area (Å²) in [7, 11) is -2.36. The SMILES string of the molecule is Cc1cc(O)c(C(=O)O)cc1S(=O)(=O)N(C)C(C)C. The maximum absolute atomic E-state index is 12.3. The van der Waals surface area contributed by atoms with Crippen LogP contribution in [0, 0.1) is 6.92 Å². The minimum absolute atomic E-state index is 0.112. The maximum atomic E-state index is 12.3. The minimum Gasteiger partial charge on any atom is -0.507 e. The van der Waals surface area contributed by atoms with Gasteiger partial charge >= 0.3 is 5.97 Å². The van der Waals surface area contributed by atoms with E-state index in [1.165, 1.54) is 14.0 Å². The number of nitrogens with zero attached hydrogens (tertiary/aromatic N) is 1. The summed E-state index contributed by atoms with van der Waals surface area (Å²) in [6.45, 7) is 4.93. The van der Waals surface area contributed by atoms with Crippen molar-refractivity contribution in [2.75, 3.05) is 7.05 Å². The van der Waals surface area contributed by atoms with Gasteiger partial charge in [-0.25, -0.2) is 13.2 Å². The minimum atomic E-state index is -3.78. The number of sulfonamides is 1. The first kappa shape index (κ1) is 15.5. The van der Waals surface area contributed by atoms with E-state index >= 15 is 0 Å². The first-order valence-corrected chi connectivity index (χ1v) is 7.08. The van der Waals surface area contributed by atoms with E-state index < -0.39 is 27.3 Å². The van der Waals surface area contributed by atoms with Crippen molar-refractivity contribution in [1.82, 2.24) is 4.31 Å². The van der Waals surface area contributed by atoms with E-state index in [-0.39, 0.29) is 10.9 Å². The molecule has 1 aromatic carbocycles. The third-order valence-corrected chi connectivity index (χ3v) is 5.08. The van der Waals surface area contributed by atoms with Crippen LogP contribution in [0.3, 0.4) is 0 Å². The number of rotatable bonds is 4. The Labute approximate surface area is 112 Å². The van der Waals surface area contributed by atoms with Crippen LogP contribution in [-0.4, -0.2) is 42.0 Å². The lowest BCUT2D eigenvalue weighted by molar-refractivity contribution is 0.0693. The van der Waals surface area contributed by atoms with Crippen LogP contribution in [0.5, 0.6) is 5.75 Å². The van der Waals surface area contributed by atoms with Crippen molar-refractivity contribution in [3.63, 3.8) is 0 Å². The predicted octanol–water partition coefficient (Wildman–Crippen LogP) is 1.43. The lowest BCUT2D eigenvalue weighted by Gasteiger charge is -2.22. The highest BCUT2D eigenvalue weighted by molar-refractivity contribution is 7.89. The zero-order valence-corrected chi connectivity index (χ0v) is 12.0. The molecule has 0 heterocycles. The summed E-state index contributed by atoms with van der Waals surface area (Å²) in [4.78, 5) is 10.8. The highest BCUT2D eigenvalue weighted by Gasteiger charge is 2.27. The zero-order chi connectivity index (χ0) is 15.0. The molecule has 6 nitrogen and oxygen atoms in total. The first-order chi connectivity index (χ1) is 8.59. The summed E-state index contributed by atoms with van der Waals surface area (Å²) < 4.78 is 25.8. The smallest absolute Gasteiger partial charge is 0.339 e. The van der Waals surface area contributed by atoms with Crippen molar-refractivity contribution >= 4 is 16.0 Å². The Morgan fingerprint density at radius 3 is 2.26 bits per heavy atom. The number of aromatic carboxylic acids is 1.